The van der Waals surface area contributed by atoms with Gasteiger partial charge in [-0.2, -0.15) is 0 Å². The summed E-state index contributed by atoms with van der Waals surface area (Å²) in [6.07, 6.45) is 5.17. The number of ether oxygens (including phenoxy) is 1. The first-order valence-electron chi connectivity index (χ1n) is 4.90. The molecule has 1 aliphatic rings. The minimum Gasteiger partial charge on any atom is -0.461 e. The highest BCUT2D eigenvalue weighted by Gasteiger charge is 2.22. The third-order valence-electron chi connectivity index (χ3n) is 2.44. The molecule has 5 heteroatoms. The van der Waals surface area contributed by atoms with Gasteiger partial charge in [-0.25, -0.2) is 9.48 Å². The molecule has 0 saturated heterocycles. The van der Waals surface area contributed by atoms with E-state index in [1.165, 1.54) is 6.42 Å². The molecule has 0 bridgehead atoms. The first-order valence-corrected chi connectivity index (χ1v) is 4.90. The number of rotatable bonds is 3. The lowest BCUT2D eigenvalue weighted by Crippen LogP contribution is -2.17. The Hall–Kier alpha value is -1.39. The van der Waals surface area contributed by atoms with Crippen LogP contribution in [0.1, 0.15) is 42.7 Å². The molecule has 1 aromatic heterocycles. The Morgan fingerprint density at radius 2 is 2.50 bits per heavy atom. The summed E-state index contributed by atoms with van der Waals surface area (Å²) >= 11 is 0. The molecule has 0 aromatic carbocycles. The van der Waals surface area contributed by atoms with Crippen molar-refractivity contribution in [2.45, 2.75) is 32.2 Å². The molecule has 1 aliphatic carbocycles. The smallest absolute Gasteiger partial charge is 0.360 e. The third kappa shape index (κ3) is 1.62. The number of nitrogens with zero attached hydrogens (tertiary/aromatic N) is 3. The number of esters is 1. The summed E-state index contributed by atoms with van der Waals surface area (Å²) in [7, 11) is 0. The van der Waals surface area contributed by atoms with E-state index in [1.54, 1.807) is 17.8 Å². The maximum absolute atomic E-state index is 11.2. The van der Waals surface area contributed by atoms with Gasteiger partial charge in [0.2, 0.25) is 0 Å². The topological polar surface area (TPSA) is 57.0 Å². The van der Waals surface area contributed by atoms with Crippen LogP contribution in [0.2, 0.25) is 0 Å². The molecule has 1 saturated carbocycles. The molecular formula is C9H13N3O2. The summed E-state index contributed by atoms with van der Waals surface area (Å²) in [5, 5.41) is 7.68. The number of hydrogen-bond donors (Lipinski definition) is 0. The predicted octanol–water partition coefficient (Wildman–Crippen LogP) is 1.18. The molecule has 0 spiro atoms. The molecule has 0 N–H and O–H groups in total. The molecule has 1 aromatic rings. The lowest BCUT2D eigenvalue weighted by atomic mass is 9.93. The van der Waals surface area contributed by atoms with Gasteiger partial charge in [0.05, 0.1) is 18.8 Å². The van der Waals surface area contributed by atoms with E-state index in [2.05, 4.69) is 10.3 Å². The quantitative estimate of drug-likeness (QED) is 0.679. The van der Waals surface area contributed by atoms with Crippen LogP contribution < -0.4 is 0 Å². The van der Waals surface area contributed by atoms with E-state index >= 15 is 0 Å². The molecule has 0 atom stereocenters. The fraction of sp³-hybridized carbons (Fsp3) is 0.667. The summed E-state index contributed by atoms with van der Waals surface area (Å²) in [6.45, 7) is 2.14. The Morgan fingerprint density at radius 1 is 1.71 bits per heavy atom. The second-order valence-corrected chi connectivity index (χ2v) is 3.39. The average Bonchev–Trinajstić information content (AvgIpc) is 2.50. The van der Waals surface area contributed by atoms with Crippen molar-refractivity contribution in [1.82, 2.24) is 15.0 Å². The van der Waals surface area contributed by atoms with Crippen molar-refractivity contribution in [3.63, 3.8) is 0 Å². The lowest BCUT2D eigenvalue weighted by molar-refractivity contribution is 0.0519. The van der Waals surface area contributed by atoms with Crippen LogP contribution in [0.4, 0.5) is 0 Å². The van der Waals surface area contributed by atoms with E-state index in [0.29, 0.717) is 18.3 Å². The first-order chi connectivity index (χ1) is 6.81. The van der Waals surface area contributed by atoms with Crippen molar-refractivity contribution >= 4 is 5.97 Å². The highest BCUT2D eigenvalue weighted by molar-refractivity contribution is 5.86. The predicted molar refractivity (Wildman–Crippen MR) is 48.9 cm³/mol. The lowest BCUT2D eigenvalue weighted by Gasteiger charge is -2.24. The summed E-state index contributed by atoms with van der Waals surface area (Å²) in [5.41, 5.74) is 0.304. The Balaban J connectivity index is 2.05. The van der Waals surface area contributed by atoms with Gasteiger partial charge >= 0.3 is 5.97 Å². The zero-order chi connectivity index (χ0) is 9.97. The second-order valence-electron chi connectivity index (χ2n) is 3.39. The minimum atomic E-state index is -0.391. The van der Waals surface area contributed by atoms with Crippen molar-refractivity contribution in [3.8, 4) is 0 Å². The zero-order valence-corrected chi connectivity index (χ0v) is 8.14. The first kappa shape index (κ1) is 9.18. The maximum Gasteiger partial charge on any atom is 0.360 e. The van der Waals surface area contributed by atoms with Crippen LogP contribution in [0, 0.1) is 0 Å². The van der Waals surface area contributed by atoms with E-state index in [1.807, 2.05) is 0 Å². The van der Waals surface area contributed by atoms with Gasteiger partial charge in [-0.05, 0) is 26.2 Å². The van der Waals surface area contributed by atoms with Gasteiger partial charge in [0, 0.05) is 0 Å². The molecule has 0 unspecified atom stereocenters. The SMILES string of the molecule is CCOC(=O)c1cn(C2CCC2)nn1. The highest BCUT2D eigenvalue weighted by Crippen LogP contribution is 2.30. The minimum absolute atomic E-state index is 0.304. The Kier molecular flexibility index (Phi) is 2.47. The van der Waals surface area contributed by atoms with Crippen LogP contribution in [0.3, 0.4) is 0 Å². The number of aromatic nitrogens is 3. The van der Waals surface area contributed by atoms with Crippen molar-refractivity contribution < 1.29 is 9.53 Å². The third-order valence-corrected chi connectivity index (χ3v) is 2.44. The number of carbonyl (C=O) groups excluding carboxylic acids is 1. The van der Waals surface area contributed by atoms with Crippen LogP contribution >= 0.6 is 0 Å². The van der Waals surface area contributed by atoms with Gasteiger partial charge in [0.15, 0.2) is 5.69 Å². The number of hydrogen-bond acceptors (Lipinski definition) is 4. The van der Waals surface area contributed by atoms with E-state index in [4.69, 9.17) is 4.74 Å². The summed E-state index contributed by atoms with van der Waals surface area (Å²) in [6, 6.07) is 0.436. The van der Waals surface area contributed by atoms with Crippen LogP contribution in [-0.4, -0.2) is 27.6 Å². The van der Waals surface area contributed by atoms with E-state index in [-0.39, 0.29) is 0 Å². The molecular weight excluding hydrogens is 182 g/mol. The largest absolute Gasteiger partial charge is 0.461 e. The van der Waals surface area contributed by atoms with Gasteiger partial charge < -0.3 is 4.74 Å². The van der Waals surface area contributed by atoms with Crippen molar-refractivity contribution in [2.75, 3.05) is 6.61 Å². The van der Waals surface area contributed by atoms with E-state index in [9.17, 15) is 4.79 Å². The van der Waals surface area contributed by atoms with Gasteiger partial charge in [-0.15, -0.1) is 5.10 Å². The van der Waals surface area contributed by atoms with Gasteiger partial charge in [0.25, 0.3) is 0 Å². The fourth-order valence-corrected chi connectivity index (χ4v) is 1.40. The van der Waals surface area contributed by atoms with Crippen molar-refractivity contribution in [1.29, 1.82) is 0 Å². The number of carbonyl (C=O) groups is 1. The molecule has 0 aliphatic heterocycles. The van der Waals surface area contributed by atoms with E-state index < -0.39 is 5.97 Å². The summed E-state index contributed by atoms with van der Waals surface area (Å²) in [4.78, 5) is 11.2. The standard InChI is InChI=1S/C9H13N3O2/c1-2-14-9(13)8-6-12(11-10-8)7-4-3-5-7/h6-7H,2-5H2,1H3. The zero-order valence-electron chi connectivity index (χ0n) is 8.14. The molecule has 5 nitrogen and oxygen atoms in total. The normalized spacial score (nSPS) is 16.4. The van der Waals surface area contributed by atoms with Gasteiger partial charge in [-0.1, -0.05) is 5.21 Å². The van der Waals surface area contributed by atoms with E-state index in [0.717, 1.165) is 12.8 Å². The summed E-state index contributed by atoms with van der Waals surface area (Å²) in [5.74, 6) is -0.391. The Bertz CT molecular complexity index is 331. The van der Waals surface area contributed by atoms with Crippen molar-refractivity contribution in [3.05, 3.63) is 11.9 Å². The highest BCUT2D eigenvalue weighted by atomic mass is 16.5. The molecule has 2 rings (SSSR count). The van der Waals surface area contributed by atoms with Crippen LogP contribution in [0.5, 0.6) is 0 Å². The Morgan fingerprint density at radius 3 is 3.07 bits per heavy atom. The average molecular weight is 195 g/mol. The molecule has 14 heavy (non-hydrogen) atoms. The monoisotopic (exact) mass is 195 g/mol. The van der Waals surface area contributed by atoms with Gasteiger partial charge in [0.1, 0.15) is 0 Å². The maximum atomic E-state index is 11.2. The molecule has 1 fully saturated rings. The molecule has 0 amide bonds. The van der Waals surface area contributed by atoms with Gasteiger partial charge in [-0.3, -0.25) is 0 Å². The fourth-order valence-electron chi connectivity index (χ4n) is 1.40. The second kappa shape index (κ2) is 3.77. The molecule has 76 valence electrons. The van der Waals surface area contributed by atoms with Crippen molar-refractivity contribution in [2.24, 2.45) is 0 Å². The van der Waals surface area contributed by atoms with Crippen LogP contribution in [0.25, 0.3) is 0 Å². The summed E-state index contributed by atoms with van der Waals surface area (Å²) < 4.78 is 6.58. The van der Waals surface area contributed by atoms with Crippen LogP contribution in [0.15, 0.2) is 6.20 Å². The Labute approximate surface area is 82.1 Å². The molecule has 0 radical (unpaired) electrons. The molecule has 1 heterocycles. The van der Waals surface area contributed by atoms with Crippen LogP contribution in [-0.2, 0) is 4.74 Å².